The molecule has 6 nitrogen and oxygen atoms in total. The number of benzene rings is 2. The highest BCUT2D eigenvalue weighted by Gasteiger charge is 2.27. The van der Waals surface area contributed by atoms with Gasteiger partial charge in [0.1, 0.15) is 11.6 Å². The van der Waals surface area contributed by atoms with Crippen molar-refractivity contribution in [3.05, 3.63) is 88.9 Å². The summed E-state index contributed by atoms with van der Waals surface area (Å²) in [5.41, 5.74) is 2.95. The van der Waals surface area contributed by atoms with Crippen LogP contribution in [0, 0.1) is 5.82 Å². The Labute approximate surface area is 173 Å². The lowest BCUT2D eigenvalue weighted by Gasteiger charge is -2.19. The second-order valence-corrected chi connectivity index (χ2v) is 6.89. The second kappa shape index (κ2) is 8.32. The molecule has 0 saturated heterocycles. The van der Waals surface area contributed by atoms with E-state index >= 15 is 0 Å². The average Bonchev–Trinajstić information content (AvgIpc) is 3.22. The standard InChI is InChI=1S/C23H20FN3O3/c1-30-23(29)16-8-9-19(24)17(13-16)14-26-21-18(6-4-11-25-21)22(28)27-12-10-15-5-2-3-7-20(15)27/h2-9,11,13H,10,12,14H2,1H3,(H,25,26). The van der Waals surface area contributed by atoms with Crippen LogP contribution < -0.4 is 10.2 Å². The second-order valence-electron chi connectivity index (χ2n) is 6.89. The molecule has 1 N–H and O–H groups in total. The van der Waals surface area contributed by atoms with Gasteiger partial charge in [0.05, 0.1) is 18.2 Å². The van der Waals surface area contributed by atoms with Crippen molar-refractivity contribution >= 4 is 23.4 Å². The van der Waals surface area contributed by atoms with Crippen LogP contribution in [-0.2, 0) is 17.7 Å². The van der Waals surface area contributed by atoms with E-state index < -0.39 is 11.8 Å². The third-order valence-corrected chi connectivity index (χ3v) is 5.08. The molecule has 7 heteroatoms. The van der Waals surface area contributed by atoms with E-state index in [2.05, 4.69) is 15.0 Å². The van der Waals surface area contributed by atoms with Crippen LogP contribution in [0.4, 0.5) is 15.9 Å². The SMILES string of the molecule is COC(=O)c1ccc(F)c(CNc2ncccc2C(=O)N2CCc3ccccc32)c1. The highest BCUT2D eigenvalue weighted by Crippen LogP contribution is 2.30. The lowest BCUT2D eigenvalue weighted by Crippen LogP contribution is -2.29. The van der Waals surface area contributed by atoms with E-state index in [0.29, 0.717) is 17.9 Å². The first-order valence-electron chi connectivity index (χ1n) is 9.54. The number of ether oxygens (including phenoxy) is 1. The number of amides is 1. The molecule has 0 atom stereocenters. The predicted octanol–water partition coefficient (Wildman–Crippen LogP) is 3.82. The number of methoxy groups -OCH3 is 1. The molecule has 3 aromatic rings. The van der Waals surface area contributed by atoms with Gasteiger partial charge in [-0.15, -0.1) is 0 Å². The molecule has 2 aromatic carbocycles. The van der Waals surface area contributed by atoms with Gasteiger partial charge in [-0.2, -0.15) is 0 Å². The van der Waals surface area contributed by atoms with E-state index in [9.17, 15) is 14.0 Å². The third-order valence-electron chi connectivity index (χ3n) is 5.08. The number of carbonyl (C=O) groups is 2. The molecule has 0 spiro atoms. The molecule has 1 amide bonds. The monoisotopic (exact) mass is 405 g/mol. The highest BCUT2D eigenvalue weighted by molar-refractivity contribution is 6.10. The number of nitrogens with one attached hydrogen (secondary N) is 1. The van der Waals surface area contributed by atoms with Crippen LogP contribution >= 0.6 is 0 Å². The Morgan fingerprint density at radius 3 is 2.83 bits per heavy atom. The fourth-order valence-corrected chi connectivity index (χ4v) is 3.55. The summed E-state index contributed by atoms with van der Waals surface area (Å²) in [5.74, 6) is -0.820. The number of para-hydroxylation sites is 1. The van der Waals surface area contributed by atoms with E-state index in [4.69, 9.17) is 0 Å². The molecule has 0 radical (unpaired) electrons. The molecule has 0 saturated carbocycles. The summed E-state index contributed by atoms with van der Waals surface area (Å²) in [6.07, 6.45) is 2.37. The van der Waals surface area contributed by atoms with Gasteiger partial charge in [0.15, 0.2) is 0 Å². The number of carbonyl (C=O) groups excluding carboxylic acids is 2. The van der Waals surface area contributed by atoms with Crippen molar-refractivity contribution in [2.24, 2.45) is 0 Å². The Hall–Kier alpha value is -3.74. The molecule has 1 aliphatic heterocycles. The number of fused-ring (bicyclic) bond motifs is 1. The number of halogens is 1. The Morgan fingerprint density at radius 1 is 1.17 bits per heavy atom. The van der Waals surface area contributed by atoms with Crippen LogP contribution in [-0.4, -0.2) is 30.5 Å². The number of nitrogens with zero attached hydrogens (tertiary/aromatic N) is 2. The summed E-state index contributed by atoms with van der Waals surface area (Å²) in [5, 5.41) is 3.03. The fraction of sp³-hybridized carbons (Fsp3) is 0.174. The van der Waals surface area contributed by atoms with Crippen molar-refractivity contribution in [3.8, 4) is 0 Å². The molecule has 152 valence electrons. The van der Waals surface area contributed by atoms with Crippen molar-refractivity contribution in [2.45, 2.75) is 13.0 Å². The smallest absolute Gasteiger partial charge is 0.337 e. The van der Waals surface area contributed by atoms with Crippen LogP contribution in [0.15, 0.2) is 60.8 Å². The summed E-state index contributed by atoms with van der Waals surface area (Å²) in [7, 11) is 1.27. The number of pyridine rings is 1. The Balaban J connectivity index is 1.57. The lowest BCUT2D eigenvalue weighted by molar-refractivity contribution is 0.0600. The lowest BCUT2D eigenvalue weighted by atomic mass is 10.1. The number of esters is 1. The Bertz CT molecular complexity index is 1120. The number of rotatable bonds is 5. The zero-order valence-electron chi connectivity index (χ0n) is 16.4. The summed E-state index contributed by atoms with van der Waals surface area (Å²) in [6.45, 7) is 0.660. The maximum Gasteiger partial charge on any atom is 0.337 e. The molecular formula is C23H20FN3O3. The van der Waals surface area contributed by atoms with Gasteiger partial charge in [0.2, 0.25) is 0 Å². The van der Waals surface area contributed by atoms with Gasteiger partial charge in [0, 0.05) is 30.5 Å². The molecule has 0 fully saturated rings. The van der Waals surface area contributed by atoms with Crippen LogP contribution in [0.2, 0.25) is 0 Å². The fourth-order valence-electron chi connectivity index (χ4n) is 3.55. The number of anilines is 2. The Morgan fingerprint density at radius 2 is 2.00 bits per heavy atom. The molecule has 1 aromatic heterocycles. The van der Waals surface area contributed by atoms with E-state index in [1.165, 1.54) is 25.3 Å². The molecule has 0 bridgehead atoms. The maximum atomic E-state index is 14.2. The van der Waals surface area contributed by atoms with E-state index in [0.717, 1.165) is 17.7 Å². The van der Waals surface area contributed by atoms with Gasteiger partial charge >= 0.3 is 5.97 Å². The van der Waals surface area contributed by atoms with Gasteiger partial charge in [0.25, 0.3) is 5.91 Å². The summed E-state index contributed by atoms with van der Waals surface area (Å²) >= 11 is 0. The van der Waals surface area contributed by atoms with Crippen LogP contribution in [0.1, 0.15) is 31.8 Å². The zero-order chi connectivity index (χ0) is 21.1. The largest absolute Gasteiger partial charge is 0.465 e. The predicted molar refractivity (Wildman–Crippen MR) is 111 cm³/mol. The Kier molecular flexibility index (Phi) is 5.43. The van der Waals surface area contributed by atoms with E-state index in [1.54, 1.807) is 23.2 Å². The summed E-state index contributed by atoms with van der Waals surface area (Å²) in [6, 6.07) is 15.2. The number of hydrogen-bond acceptors (Lipinski definition) is 5. The molecule has 0 aliphatic carbocycles. The van der Waals surface area contributed by atoms with Crippen LogP contribution in [0.5, 0.6) is 0 Å². The van der Waals surface area contributed by atoms with Gasteiger partial charge < -0.3 is 15.0 Å². The molecule has 4 rings (SSSR count). The topological polar surface area (TPSA) is 71.5 Å². The van der Waals surface area contributed by atoms with Crippen LogP contribution in [0.25, 0.3) is 0 Å². The van der Waals surface area contributed by atoms with Crippen molar-refractivity contribution in [3.63, 3.8) is 0 Å². The average molecular weight is 405 g/mol. The minimum Gasteiger partial charge on any atom is -0.465 e. The molecule has 0 unspecified atom stereocenters. The van der Waals surface area contributed by atoms with E-state index in [1.807, 2.05) is 24.3 Å². The minimum absolute atomic E-state index is 0.0601. The van der Waals surface area contributed by atoms with Crippen molar-refractivity contribution in [1.82, 2.24) is 4.98 Å². The van der Waals surface area contributed by atoms with Gasteiger partial charge in [-0.05, 0) is 48.4 Å². The molecule has 30 heavy (non-hydrogen) atoms. The summed E-state index contributed by atoms with van der Waals surface area (Å²) in [4.78, 5) is 30.9. The highest BCUT2D eigenvalue weighted by atomic mass is 19.1. The van der Waals surface area contributed by atoms with Crippen LogP contribution in [0.3, 0.4) is 0 Å². The van der Waals surface area contributed by atoms with Crippen molar-refractivity contribution in [1.29, 1.82) is 0 Å². The third kappa shape index (κ3) is 3.74. The van der Waals surface area contributed by atoms with Gasteiger partial charge in [-0.3, -0.25) is 4.79 Å². The molecule has 2 heterocycles. The quantitative estimate of drug-likeness (QED) is 0.654. The van der Waals surface area contributed by atoms with Gasteiger partial charge in [-0.25, -0.2) is 14.2 Å². The zero-order valence-corrected chi connectivity index (χ0v) is 16.4. The normalized spacial score (nSPS) is 12.4. The first-order chi connectivity index (χ1) is 14.6. The minimum atomic E-state index is -0.544. The maximum absolute atomic E-state index is 14.2. The number of hydrogen-bond donors (Lipinski definition) is 1. The van der Waals surface area contributed by atoms with Gasteiger partial charge in [-0.1, -0.05) is 18.2 Å². The first kappa shape index (κ1) is 19.6. The first-order valence-corrected chi connectivity index (χ1v) is 9.54. The number of aromatic nitrogens is 1. The molecular weight excluding hydrogens is 385 g/mol. The summed E-state index contributed by atoms with van der Waals surface area (Å²) < 4.78 is 18.9. The van der Waals surface area contributed by atoms with Crippen molar-refractivity contribution in [2.75, 3.05) is 23.9 Å². The van der Waals surface area contributed by atoms with Crippen molar-refractivity contribution < 1.29 is 18.7 Å². The molecule has 1 aliphatic rings. The van der Waals surface area contributed by atoms with E-state index in [-0.39, 0.29) is 23.6 Å².